The molecule has 0 aromatic heterocycles. The normalized spacial score (nSPS) is 16.5. The number of fused-ring (bicyclic) bond motifs is 1. The van der Waals surface area contributed by atoms with E-state index >= 15 is 0 Å². The molecule has 1 aliphatic carbocycles. The van der Waals surface area contributed by atoms with E-state index in [1.807, 2.05) is 0 Å². The third-order valence-corrected chi connectivity index (χ3v) is 13.0. The molecule has 0 N–H and O–H groups in total. The molecule has 0 saturated heterocycles. The molecule has 0 radical (unpaired) electrons. The molecule has 2 rings (SSSR count). The molecule has 92 valence electrons. The van der Waals surface area contributed by atoms with Gasteiger partial charge in [0.2, 0.25) is 0 Å². The Morgan fingerprint density at radius 2 is 1.82 bits per heavy atom. The standard InChI is InChI=1S/C11H11.C2H7Si.2FH.Zr/c1-2-9-7-10-5-3-4-6-11(10)8-9;1-3-2;;;/h3-8H,2H2,1H3;3H,1-2H3;2*1H;/q;;;;+2/p-2. The molecule has 0 amide bonds. The Morgan fingerprint density at radius 3 is 2.41 bits per heavy atom. The molecule has 1 atom stereocenters. The van der Waals surface area contributed by atoms with Gasteiger partial charge in [-0.2, -0.15) is 0 Å². The smallest absolute Gasteiger partial charge is 1.00 e. The molecule has 17 heavy (non-hydrogen) atoms. The SMILES string of the molecule is CCC1=Cc2ccccc2[CH]1[Zr+2][SiH](C)C.[F-].[F-]. The first kappa shape index (κ1) is 16.9. The van der Waals surface area contributed by atoms with Gasteiger partial charge in [-0.25, -0.2) is 0 Å². The van der Waals surface area contributed by atoms with Crippen LogP contribution < -0.4 is 9.41 Å². The Hall–Kier alpha value is -0.0800. The molecular weight excluding hydrogens is 313 g/mol. The molecule has 0 bridgehead atoms. The predicted octanol–water partition coefficient (Wildman–Crippen LogP) is -2.39. The van der Waals surface area contributed by atoms with Crippen molar-refractivity contribution in [2.45, 2.75) is 30.1 Å². The Balaban J connectivity index is 0.00000128. The Bertz CT molecular complexity index is 391. The van der Waals surface area contributed by atoms with Crippen LogP contribution in [0, 0.1) is 0 Å². The van der Waals surface area contributed by atoms with Gasteiger partial charge in [0.15, 0.2) is 0 Å². The molecule has 1 aromatic rings. The van der Waals surface area contributed by atoms with Crippen LogP contribution in [0.5, 0.6) is 0 Å². The molecule has 1 aliphatic rings. The number of hydrogen-bond acceptors (Lipinski definition) is 0. The molecule has 0 aliphatic heterocycles. The first-order chi connectivity index (χ1) is 7.22. The van der Waals surface area contributed by atoms with Crippen LogP contribution in [0.2, 0.25) is 13.1 Å². The zero-order chi connectivity index (χ0) is 10.8. The number of allylic oxidation sites excluding steroid dienone is 1. The van der Waals surface area contributed by atoms with Crippen LogP contribution in [-0.2, 0) is 22.4 Å². The molecule has 0 fully saturated rings. The van der Waals surface area contributed by atoms with Crippen molar-refractivity contribution in [1.29, 1.82) is 0 Å². The molecule has 0 spiro atoms. The fourth-order valence-corrected chi connectivity index (χ4v) is 12.5. The summed E-state index contributed by atoms with van der Waals surface area (Å²) in [4.78, 5) is 0. The van der Waals surface area contributed by atoms with Crippen LogP contribution in [-0.4, -0.2) is 5.92 Å². The summed E-state index contributed by atoms with van der Waals surface area (Å²) in [5.41, 5.74) is 4.89. The minimum atomic E-state index is -0.306. The summed E-state index contributed by atoms with van der Waals surface area (Å²) in [6.07, 6.45) is 3.71. The second-order valence-electron chi connectivity index (χ2n) is 4.46. The molecule has 1 unspecified atom stereocenters. The van der Waals surface area contributed by atoms with E-state index in [0.717, 1.165) is 3.63 Å². The molecule has 0 nitrogen and oxygen atoms in total. The average Bonchev–Trinajstić information content (AvgIpc) is 2.56. The predicted molar refractivity (Wildman–Crippen MR) is 66.3 cm³/mol. The summed E-state index contributed by atoms with van der Waals surface area (Å²) in [6.45, 7) is 7.37. The summed E-state index contributed by atoms with van der Waals surface area (Å²) in [7, 11) is 0. The minimum Gasteiger partial charge on any atom is -1.00 e. The van der Waals surface area contributed by atoms with E-state index in [9.17, 15) is 0 Å². The molecule has 0 saturated carbocycles. The van der Waals surface area contributed by atoms with E-state index in [0.29, 0.717) is 0 Å². The number of rotatable bonds is 3. The molecule has 0 heterocycles. The van der Waals surface area contributed by atoms with Gasteiger partial charge in [-0.05, 0) is 0 Å². The first-order valence-corrected chi connectivity index (χ1v) is 14.3. The van der Waals surface area contributed by atoms with Gasteiger partial charge in [-0.15, -0.1) is 0 Å². The molecule has 4 heteroatoms. The van der Waals surface area contributed by atoms with E-state index in [1.54, 1.807) is 11.1 Å². The summed E-state index contributed by atoms with van der Waals surface area (Å²) < 4.78 is 0.918. The van der Waals surface area contributed by atoms with Crippen molar-refractivity contribution in [2.24, 2.45) is 0 Å². The third-order valence-electron chi connectivity index (χ3n) is 2.93. The van der Waals surface area contributed by atoms with E-state index in [2.05, 4.69) is 50.4 Å². The number of benzene rings is 1. The zero-order valence-electron chi connectivity index (χ0n) is 10.5. The van der Waals surface area contributed by atoms with Crippen LogP contribution >= 0.6 is 0 Å². The Morgan fingerprint density at radius 1 is 1.18 bits per heavy atom. The van der Waals surface area contributed by atoms with Gasteiger partial charge in [-0.3, -0.25) is 0 Å². The maximum atomic E-state index is 2.53. The summed E-state index contributed by atoms with van der Waals surface area (Å²) in [6, 6.07) is 9.02. The Kier molecular flexibility index (Phi) is 7.34. The van der Waals surface area contributed by atoms with Gasteiger partial charge >= 0.3 is 105 Å². The quantitative estimate of drug-likeness (QED) is 0.542. The maximum absolute atomic E-state index is 2.53. The maximum Gasteiger partial charge on any atom is -1.00 e. The van der Waals surface area contributed by atoms with Gasteiger partial charge in [0.05, 0.1) is 0 Å². The van der Waals surface area contributed by atoms with Gasteiger partial charge in [0.25, 0.3) is 0 Å². The summed E-state index contributed by atoms with van der Waals surface area (Å²) in [5.74, 6) is -0.306. The first-order valence-electron chi connectivity index (χ1n) is 5.77. The van der Waals surface area contributed by atoms with Crippen LogP contribution in [0.1, 0.15) is 28.1 Å². The molecular formula is C13H18F2SiZr. The third kappa shape index (κ3) is 3.69. The minimum absolute atomic E-state index is 0. The second-order valence-corrected chi connectivity index (χ2v) is 19.5. The van der Waals surface area contributed by atoms with Gasteiger partial charge in [-0.1, -0.05) is 0 Å². The van der Waals surface area contributed by atoms with Crippen molar-refractivity contribution in [3.05, 3.63) is 41.0 Å². The fourth-order valence-electron chi connectivity index (χ4n) is 2.22. The van der Waals surface area contributed by atoms with Crippen molar-refractivity contribution in [3.8, 4) is 0 Å². The van der Waals surface area contributed by atoms with Crippen molar-refractivity contribution in [3.63, 3.8) is 0 Å². The second kappa shape index (κ2) is 7.38. The van der Waals surface area contributed by atoms with Crippen LogP contribution in [0.4, 0.5) is 0 Å². The van der Waals surface area contributed by atoms with Crippen LogP contribution in [0.15, 0.2) is 29.8 Å². The van der Waals surface area contributed by atoms with E-state index in [1.165, 1.54) is 12.0 Å². The van der Waals surface area contributed by atoms with E-state index in [4.69, 9.17) is 0 Å². The van der Waals surface area contributed by atoms with Crippen molar-refractivity contribution in [2.75, 3.05) is 0 Å². The molecule has 1 aromatic carbocycles. The van der Waals surface area contributed by atoms with E-state index < -0.39 is 0 Å². The summed E-state index contributed by atoms with van der Waals surface area (Å²) in [5, 5.41) is 0. The largest absolute Gasteiger partial charge is 1.00 e. The monoisotopic (exact) mass is 330 g/mol. The van der Waals surface area contributed by atoms with Crippen LogP contribution in [0.3, 0.4) is 0 Å². The Labute approximate surface area is 114 Å². The number of hydrogen-bond donors (Lipinski definition) is 0. The zero-order valence-corrected chi connectivity index (χ0v) is 14.1. The fraction of sp³-hybridized carbons (Fsp3) is 0.385. The number of halogens is 2. The average molecular weight is 332 g/mol. The van der Waals surface area contributed by atoms with Crippen molar-refractivity contribution in [1.82, 2.24) is 0 Å². The topological polar surface area (TPSA) is 0 Å². The van der Waals surface area contributed by atoms with Crippen molar-refractivity contribution < 1.29 is 31.8 Å². The van der Waals surface area contributed by atoms with Gasteiger partial charge in [0.1, 0.15) is 0 Å². The van der Waals surface area contributed by atoms with Crippen molar-refractivity contribution >= 4 is 12.0 Å². The van der Waals surface area contributed by atoms with Gasteiger partial charge in [0, 0.05) is 0 Å². The van der Waals surface area contributed by atoms with E-state index in [-0.39, 0.29) is 37.7 Å². The summed E-state index contributed by atoms with van der Waals surface area (Å²) >= 11 is -0.165. The van der Waals surface area contributed by atoms with Crippen LogP contribution in [0.25, 0.3) is 6.08 Å². The van der Waals surface area contributed by atoms with Gasteiger partial charge < -0.3 is 9.41 Å².